The summed E-state index contributed by atoms with van der Waals surface area (Å²) in [5.74, 6) is -1.28. The Morgan fingerprint density at radius 2 is 1.86 bits per heavy atom. The molecule has 3 N–H and O–H groups in total. The second-order valence-electron chi connectivity index (χ2n) is 6.01. The van der Waals surface area contributed by atoms with E-state index in [4.69, 9.17) is 14.6 Å². The molecule has 0 bridgehead atoms. The quantitative estimate of drug-likeness (QED) is 0.647. The Balaban J connectivity index is 1.61. The summed E-state index contributed by atoms with van der Waals surface area (Å²) in [6, 6.07) is -0.296. The first-order valence-corrected chi connectivity index (χ1v) is 8.15. The van der Waals surface area contributed by atoms with Gasteiger partial charge in [0, 0.05) is 32.4 Å². The molecule has 1 saturated carbocycles. The molecule has 2 fully saturated rings. The summed E-state index contributed by atoms with van der Waals surface area (Å²) in [6.45, 7) is 1.27. The first-order valence-electron chi connectivity index (χ1n) is 8.15. The first kappa shape index (κ1) is 17.0. The van der Waals surface area contributed by atoms with Crippen molar-refractivity contribution < 1.29 is 24.2 Å². The van der Waals surface area contributed by atoms with Gasteiger partial charge in [-0.3, -0.25) is 4.79 Å². The first-order chi connectivity index (χ1) is 10.6. The predicted octanol–water partition coefficient (Wildman–Crippen LogP) is 1.62. The lowest BCUT2D eigenvalue weighted by Gasteiger charge is -2.26. The minimum Gasteiger partial charge on any atom is -0.481 e. The number of amides is 2. The highest BCUT2D eigenvalue weighted by Gasteiger charge is 2.41. The molecule has 0 radical (unpaired) electrons. The summed E-state index contributed by atoms with van der Waals surface area (Å²) < 4.78 is 11.9. The minimum atomic E-state index is -0.854. The summed E-state index contributed by atoms with van der Waals surface area (Å²) in [5, 5.41) is 13.9. The summed E-state index contributed by atoms with van der Waals surface area (Å²) in [4.78, 5) is 22.0. The highest BCUT2D eigenvalue weighted by Crippen LogP contribution is 2.36. The van der Waals surface area contributed by atoms with Crippen LogP contribution < -0.4 is 10.6 Å². The number of carbonyl (C=O) groups is 2. The van der Waals surface area contributed by atoms with E-state index in [1.807, 2.05) is 0 Å². The van der Waals surface area contributed by atoms with Gasteiger partial charge in [-0.2, -0.15) is 0 Å². The van der Waals surface area contributed by atoms with Crippen molar-refractivity contribution in [3.05, 3.63) is 0 Å². The fourth-order valence-electron chi connectivity index (χ4n) is 2.96. The van der Waals surface area contributed by atoms with Crippen molar-refractivity contribution in [2.24, 2.45) is 0 Å². The van der Waals surface area contributed by atoms with Gasteiger partial charge in [0.15, 0.2) is 5.79 Å². The van der Waals surface area contributed by atoms with E-state index in [9.17, 15) is 9.59 Å². The van der Waals surface area contributed by atoms with Gasteiger partial charge in [0.2, 0.25) is 0 Å². The molecule has 1 aliphatic heterocycles. The van der Waals surface area contributed by atoms with Crippen LogP contribution >= 0.6 is 0 Å². The second kappa shape index (κ2) is 8.33. The summed E-state index contributed by atoms with van der Waals surface area (Å²) in [6.07, 6.45) is 6.97. The standard InChI is InChI=1S/C15H26N2O5/c18-13(19)6-5-9-16-14(20)17-10-12-11-21-15(22-12)7-3-1-2-4-8-15/h12H,1-11H2,(H,18,19)(H2,16,17,20). The van der Waals surface area contributed by atoms with Crippen LogP contribution in [0, 0.1) is 0 Å². The van der Waals surface area contributed by atoms with E-state index in [0.717, 1.165) is 25.7 Å². The zero-order chi connectivity index (χ0) is 15.8. The average Bonchev–Trinajstić information content (AvgIpc) is 2.73. The average molecular weight is 314 g/mol. The number of ether oxygens (including phenoxy) is 2. The molecule has 0 aromatic rings. The monoisotopic (exact) mass is 314 g/mol. The highest BCUT2D eigenvalue weighted by atomic mass is 16.7. The lowest BCUT2D eigenvalue weighted by Crippen LogP contribution is -2.41. The van der Waals surface area contributed by atoms with Gasteiger partial charge in [-0.15, -0.1) is 0 Å². The molecule has 0 aromatic heterocycles. The summed E-state index contributed by atoms with van der Waals surface area (Å²) >= 11 is 0. The van der Waals surface area contributed by atoms with E-state index < -0.39 is 11.8 Å². The van der Waals surface area contributed by atoms with Gasteiger partial charge < -0.3 is 25.2 Å². The van der Waals surface area contributed by atoms with Crippen molar-refractivity contribution in [3.8, 4) is 0 Å². The maximum Gasteiger partial charge on any atom is 0.314 e. The molecule has 2 rings (SSSR count). The Kier molecular flexibility index (Phi) is 6.45. The molecule has 1 spiro atoms. The van der Waals surface area contributed by atoms with Crippen LogP contribution in [-0.4, -0.2) is 48.7 Å². The van der Waals surface area contributed by atoms with E-state index in [0.29, 0.717) is 26.1 Å². The van der Waals surface area contributed by atoms with Gasteiger partial charge in [0.1, 0.15) is 6.10 Å². The number of carboxylic acids is 1. The zero-order valence-corrected chi connectivity index (χ0v) is 12.9. The van der Waals surface area contributed by atoms with Crippen LogP contribution in [0.5, 0.6) is 0 Å². The number of urea groups is 1. The van der Waals surface area contributed by atoms with E-state index in [2.05, 4.69) is 10.6 Å². The molecule has 1 atom stereocenters. The molecule has 22 heavy (non-hydrogen) atoms. The molecule has 1 heterocycles. The lowest BCUT2D eigenvalue weighted by atomic mass is 10.1. The van der Waals surface area contributed by atoms with Crippen molar-refractivity contribution in [2.45, 2.75) is 63.3 Å². The lowest BCUT2D eigenvalue weighted by molar-refractivity contribution is -0.175. The van der Waals surface area contributed by atoms with Gasteiger partial charge in [-0.1, -0.05) is 12.8 Å². The number of carbonyl (C=O) groups excluding carboxylic acids is 1. The maximum atomic E-state index is 11.6. The van der Waals surface area contributed by atoms with Crippen LogP contribution in [0.15, 0.2) is 0 Å². The van der Waals surface area contributed by atoms with Crippen LogP contribution in [-0.2, 0) is 14.3 Å². The number of aliphatic carboxylic acids is 1. The maximum absolute atomic E-state index is 11.6. The highest BCUT2D eigenvalue weighted by molar-refractivity contribution is 5.73. The SMILES string of the molecule is O=C(O)CCCNC(=O)NCC1COC2(CCCCCC2)O1. The number of hydrogen-bond acceptors (Lipinski definition) is 4. The van der Waals surface area contributed by atoms with E-state index in [1.54, 1.807) is 0 Å². The Hall–Kier alpha value is -1.34. The summed E-state index contributed by atoms with van der Waals surface area (Å²) in [5.41, 5.74) is 0. The van der Waals surface area contributed by atoms with Gasteiger partial charge in [-0.05, 0) is 19.3 Å². The van der Waals surface area contributed by atoms with Crippen molar-refractivity contribution >= 4 is 12.0 Å². The largest absolute Gasteiger partial charge is 0.481 e. The molecule has 2 amide bonds. The van der Waals surface area contributed by atoms with E-state index in [-0.39, 0.29) is 18.6 Å². The Morgan fingerprint density at radius 3 is 2.55 bits per heavy atom. The van der Waals surface area contributed by atoms with E-state index >= 15 is 0 Å². The Bertz CT molecular complexity index is 380. The zero-order valence-electron chi connectivity index (χ0n) is 12.9. The minimum absolute atomic E-state index is 0.0579. The van der Waals surface area contributed by atoms with Crippen LogP contribution in [0.2, 0.25) is 0 Å². The van der Waals surface area contributed by atoms with Gasteiger partial charge in [0.05, 0.1) is 6.61 Å². The number of hydrogen-bond donors (Lipinski definition) is 3. The fraction of sp³-hybridized carbons (Fsp3) is 0.867. The molecular formula is C15H26N2O5. The van der Waals surface area contributed by atoms with Crippen LogP contribution in [0.3, 0.4) is 0 Å². The van der Waals surface area contributed by atoms with Crippen molar-refractivity contribution in [1.82, 2.24) is 10.6 Å². The predicted molar refractivity (Wildman–Crippen MR) is 79.5 cm³/mol. The third-order valence-corrected chi connectivity index (χ3v) is 4.12. The normalized spacial score (nSPS) is 23.9. The molecule has 1 aliphatic carbocycles. The second-order valence-corrected chi connectivity index (χ2v) is 6.01. The third kappa shape index (κ3) is 5.46. The van der Waals surface area contributed by atoms with Gasteiger partial charge in [0.25, 0.3) is 0 Å². The molecular weight excluding hydrogens is 288 g/mol. The molecule has 1 unspecified atom stereocenters. The van der Waals surface area contributed by atoms with E-state index in [1.165, 1.54) is 12.8 Å². The molecule has 0 aromatic carbocycles. The van der Waals surface area contributed by atoms with Crippen molar-refractivity contribution in [3.63, 3.8) is 0 Å². The van der Waals surface area contributed by atoms with Crippen LogP contribution in [0.4, 0.5) is 4.79 Å². The number of nitrogens with one attached hydrogen (secondary N) is 2. The number of carboxylic acid groups (broad SMARTS) is 1. The molecule has 126 valence electrons. The molecule has 2 aliphatic rings. The van der Waals surface area contributed by atoms with Crippen LogP contribution in [0.25, 0.3) is 0 Å². The van der Waals surface area contributed by atoms with Gasteiger partial charge in [-0.25, -0.2) is 4.79 Å². The van der Waals surface area contributed by atoms with Crippen LogP contribution in [0.1, 0.15) is 51.4 Å². The smallest absolute Gasteiger partial charge is 0.314 e. The Labute approximate surface area is 130 Å². The molecule has 7 heteroatoms. The Morgan fingerprint density at radius 1 is 1.14 bits per heavy atom. The third-order valence-electron chi connectivity index (χ3n) is 4.12. The molecule has 1 saturated heterocycles. The summed E-state index contributed by atoms with van der Waals surface area (Å²) in [7, 11) is 0. The van der Waals surface area contributed by atoms with Crippen molar-refractivity contribution in [1.29, 1.82) is 0 Å². The fourth-order valence-corrected chi connectivity index (χ4v) is 2.96. The molecule has 7 nitrogen and oxygen atoms in total. The topological polar surface area (TPSA) is 96.9 Å². The van der Waals surface area contributed by atoms with Crippen molar-refractivity contribution in [2.75, 3.05) is 19.7 Å². The van der Waals surface area contributed by atoms with Gasteiger partial charge >= 0.3 is 12.0 Å². The number of rotatable bonds is 6.